The van der Waals surface area contributed by atoms with Gasteiger partial charge in [0.2, 0.25) is 5.91 Å². The molecule has 2 atom stereocenters. The smallest absolute Gasteiger partial charge is 0.273 e. The summed E-state index contributed by atoms with van der Waals surface area (Å²) in [7, 11) is 0. The third-order valence-corrected chi connectivity index (χ3v) is 7.46. The standard InChI is InChI=1S/C25H29F3N4O3/c26-15-6-7-18(20(28)10-15)23-11-22(30-35-23)24(33)29-21-8-9-31(17-4-2-1-3-5-17)14-19(21)25(34)32-12-16(27)13-32/h6-7,10-11,16-17,19,21H,1-5,8-9,12-14H2,(H,29,33)/t19-,21-/m1/s1. The van der Waals surface area contributed by atoms with Gasteiger partial charge in [-0.3, -0.25) is 14.5 Å². The molecule has 1 saturated carbocycles. The van der Waals surface area contributed by atoms with Crippen LogP contribution in [0.3, 0.4) is 0 Å². The fourth-order valence-corrected chi connectivity index (χ4v) is 5.46. The molecule has 7 nitrogen and oxygen atoms in total. The van der Waals surface area contributed by atoms with Gasteiger partial charge in [-0.15, -0.1) is 0 Å². The average Bonchev–Trinajstić information content (AvgIpc) is 3.32. The molecule has 3 aliphatic rings. The normalized spacial score (nSPS) is 24.3. The number of halogens is 3. The average molecular weight is 491 g/mol. The highest BCUT2D eigenvalue weighted by atomic mass is 19.1. The van der Waals surface area contributed by atoms with Gasteiger partial charge in [0, 0.05) is 37.3 Å². The molecule has 10 heteroatoms. The summed E-state index contributed by atoms with van der Waals surface area (Å²) in [5.41, 5.74) is -0.0669. The van der Waals surface area contributed by atoms with Crippen LogP contribution >= 0.6 is 0 Å². The van der Waals surface area contributed by atoms with E-state index in [1.165, 1.54) is 36.3 Å². The van der Waals surface area contributed by atoms with Crippen LogP contribution in [0, 0.1) is 17.6 Å². The molecule has 1 N–H and O–H groups in total. The van der Waals surface area contributed by atoms with Crippen molar-refractivity contribution in [1.82, 2.24) is 20.3 Å². The van der Waals surface area contributed by atoms with E-state index in [4.69, 9.17) is 4.52 Å². The van der Waals surface area contributed by atoms with E-state index in [0.717, 1.165) is 31.5 Å². The predicted molar refractivity (Wildman–Crippen MR) is 121 cm³/mol. The second kappa shape index (κ2) is 10.0. The predicted octanol–water partition coefficient (Wildman–Crippen LogP) is 3.55. The van der Waals surface area contributed by atoms with Crippen molar-refractivity contribution in [3.8, 4) is 11.3 Å². The number of rotatable bonds is 5. The van der Waals surface area contributed by atoms with Gasteiger partial charge >= 0.3 is 0 Å². The van der Waals surface area contributed by atoms with Crippen LogP contribution in [0.2, 0.25) is 0 Å². The Bertz CT molecular complexity index is 1080. The van der Waals surface area contributed by atoms with Gasteiger partial charge in [0.05, 0.1) is 24.6 Å². The Morgan fingerprint density at radius 3 is 2.51 bits per heavy atom. The highest BCUT2D eigenvalue weighted by Crippen LogP contribution is 2.30. The van der Waals surface area contributed by atoms with E-state index >= 15 is 0 Å². The van der Waals surface area contributed by atoms with Gasteiger partial charge in [0.1, 0.15) is 17.8 Å². The van der Waals surface area contributed by atoms with Crippen molar-refractivity contribution in [3.63, 3.8) is 0 Å². The number of amides is 2. The lowest BCUT2D eigenvalue weighted by molar-refractivity contribution is -0.146. The van der Waals surface area contributed by atoms with Crippen LogP contribution in [0.5, 0.6) is 0 Å². The summed E-state index contributed by atoms with van der Waals surface area (Å²) in [6.07, 6.45) is 5.40. The van der Waals surface area contributed by atoms with Crippen LogP contribution in [0.15, 0.2) is 28.8 Å². The minimum absolute atomic E-state index is 0.00182. The summed E-state index contributed by atoms with van der Waals surface area (Å²) in [4.78, 5) is 30.0. The fraction of sp³-hybridized carbons (Fsp3) is 0.560. The maximum absolute atomic E-state index is 14.1. The molecule has 3 fully saturated rings. The molecule has 1 aromatic carbocycles. The van der Waals surface area contributed by atoms with Gasteiger partial charge in [0.25, 0.3) is 5.91 Å². The molecule has 2 saturated heterocycles. The van der Waals surface area contributed by atoms with Crippen LogP contribution in [0.25, 0.3) is 11.3 Å². The first-order valence-corrected chi connectivity index (χ1v) is 12.3. The Kier molecular flexibility index (Phi) is 6.82. The van der Waals surface area contributed by atoms with E-state index in [-0.39, 0.29) is 36.0 Å². The molecule has 1 aromatic heterocycles. The van der Waals surface area contributed by atoms with Crippen LogP contribution in [-0.4, -0.2) is 71.2 Å². The quantitative estimate of drug-likeness (QED) is 0.694. The van der Waals surface area contributed by atoms with Crippen LogP contribution in [0.1, 0.15) is 49.0 Å². The van der Waals surface area contributed by atoms with Gasteiger partial charge < -0.3 is 14.7 Å². The van der Waals surface area contributed by atoms with Crippen LogP contribution < -0.4 is 5.32 Å². The van der Waals surface area contributed by atoms with Crippen LogP contribution in [0.4, 0.5) is 13.2 Å². The molecule has 188 valence electrons. The Hall–Kier alpha value is -2.88. The SMILES string of the molecule is O=C(N[C@@H]1CCN(C2CCCCC2)C[C@H]1C(=O)N1CC(F)C1)c1cc(-c2ccc(F)cc2F)on1. The third kappa shape index (κ3) is 5.07. The highest BCUT2D eigenvalue weighted by molar-refractivity contribution is 5.94. The number of alkyl halides is 1. The lowest BCUT2D eigenvalue weighted by Crippen LogP contribution is -2.62. The summed E-state index contributed by atoms with van der Waals surface area (Å²) in [6, 6.07) is 4.33. The van der Waals surface area contributed by atoms with Crippen LogP contribution in [-0.2, 0) is 4.79 Å². The highest BCUT2D eigenvalue weighted by Gasteiger charge is 2.42. The van der Waals surface area contributed by atoms with E-state index in [1.54, 1.807) is 0 Å². The van der Waals surface area contributed by atoms with Gasteiger partial charge in [-0.1, -0.05) is 24.4 Å². The van der Waals surface area contributed by atoms with E-state index < -0.39 is 35.7 Å². The third-order valence-electron chi connectivity index (χ3n) is 7.46. The van der Waals surface area contributed by atoms with Crippen molar-refractivity contribution in [2.45, 2.75) is 56.8 Å². The molecular weight excluding hydrogens is 461 g/mol. The largest absolute Gasteiger partial charge is 0.355 e. The Morgan fingerprint density at radius 1 is 1.03 bits per heavy atom. The summed E-state index contributed by atoms with van der Waals surface area (Å²) in [6.45, 7) is 1.47. The summed E-state index contributed by atoms with van der Waals surface area (Å²) >= 11 is 0. The molecule has 1 aliphatic carbocycles. The van der Waals surface area contributed by atoms with E-state index in [2.05, 4.69) is 15.4 Å². The Balaban J connectivity index is 1.29. The molecule has 2 amide bonds. The van der Waals surface area contributed by atoms with E-state index in [9.17, 15) is 22.8 Å². The molecule has 2 aromatic rings. The van der Waals surface area contributed by atoms with Gasteiger partial charge in [-0.05, 0) is 31.4 Å². The van der Waals surface area contributed by atoms with Gasteiger partial charge in [-0.2, -0.15) is 0 Å². The van der Waals surface area contributed by atoms with Gasteiger partial charge in [0.15, 0.2) is 11.5 Å². The van der Waals surface area contributed by atoms with E-state index in [0.29, 0.717) is 19.0 Å². The van der Waals surface area contributed by atoms with Crippen molar-refractivity contribution in [1.29, 1.82) is 0 Å². The number of aromatic nitrogens is 1. The summed E-state index contributed by atoms with van der Waals surface area (Å²) in [5, 5.41) is 6.66. The molecule has 0 radical (unpaired) electrons. The Labute approximate surface area is 201 Å². The summed E-state index contributed by atoms with van der Waals surface area (Å²) in [5.74, 6) is -2.71. The number of nitrogens with zero attached hydrogens (tertiary/aromatic N) is 3. The number of hydrogen-bond donors (Lipinski definition) is 1. The zero-order chi connectivity index (χ0) is 24.5. The number of nitrogens with one attached hydrogen (secondary N) is 1. The van der Waals surface area contributed by atoms with Crippen molar-refractivity contribution in [2.75, 3.05) is 26.2 Å². The number of hydrogen-bond acceptors (Lipinski definition) is 5. The first kappa shape index (κ1) is 23.8. The molecule has 0 spiro atoms. The monoisotopic (exact) mass is 490 g/mol. The van der Waals surface area contributed by atoms with Gasteiger partial charge in [-0.25, -0.2) is 13.2 Å². The fourth-order valence-electron chi connectivity index (χ4n) is 5.46. The first-order valence-electron chi connectivity index (χ1n) is 12.3. The molecule has 0 unspecified atom stereocenters. The molecule has 0 bridgehead atoms. The molecule has 2 aliphatic heterocycles. The lowest BCUT2D eigenvalue weighted by atomic mass is 9.86. The molecular formula is C25H29F3N4O3. The van der Waals surface area contributed by atoms with Crippen molar-refractivity contribution >= 4 is 11.8 Å². The van der Waals surface area contributed by atoms with Crippen molar-refractivity contribution < 1.29 is 27.3 Å². The summed E-state index contributed by atoms with van der Waals surface area (Å²) < 4.78 is 45.9. The maximum Gasteiger partial charge on any atom is 0.273 e. The zero-order valence-electron chi connectivity index (χ0n) is 19.4. The maximum atomic E-state index is 14.1. The van der Waals surface area contributed by atoms with Crippen molar-refractivity contribution in [3.05, 3.63) is 41.6 Å². The number of carbonyl (C=O) groups excluding carboxylic acids is 2. The molecule has 35 heavy (non-hydrogen) atoms. The number of benzene rings is 1. The minimum atomic E-state index is -0.995. The second-order valence-electron chi connectivity index (χ2n) is 9.80. The lowest BCUT2D eigenvalue weighted by Gasteiger charge is -2.45. The van der Waals surface area contributed by atoms with E-state index in [1.807, 2.05) is 0 Å². The topological polar surface area (TPSA) is 78.7 Å². The van der Waals surface area contributed by atoms with Crippen molar-refractivity contribution in [2.24, 2.45) is 5.92 Å². The minimum Gasteiger partial charge on any atom is -0.355 e. The molecule has 3 heterocycles. The second-order valence-corrected chi connectivity index (χ2v) is 9.80. The molecule has 5 rings (SSSR count). The number of carbonyl (C=O) groups is 2. The number of likely N-dealkylation sites (tertiary alicyclic amines) is 2. The first-order chi connectivity index (χ1) is 16.9. The number of piperidine rings is 1. The zero-order valence-corrected chi connectivity index (χ0v) is 19.4. The Morgan fingerprint density at radius 2 is 1.80 bits per heavy atom.